The molecule has 1 heterocycles. The Morgan fingerprint density at radius 1 is 1.27 bits per heavy atom. The van der Waals surface area contributed by atoms with E-state index in [9.17, 15) is 14.4 Å². The van der Waals surface area contributed by atoms with Gasteiger partial charge in [-0.2, -0.15) is 5.26 Å². The van der Waals surface area contributed by atoms with Gasteiger partial charge in [-0.25, -0.2) is 14.3 Å². The molecule has 0 saturated heterocycles. The summed E-state index contributed by atoms with van der Waals surface area (Å²) in [6.07, 6.45) is 0. The van der Waals surface area contributed by atoms with Gasteiger partial charge in [-0.3, -0.25) is 0 Å². The van der Waals surface area contributed by atoms with Crippen LogP contribution in [0.4, 0.5) is 4.39 Å². The van der Waals surface area contributed by atoms with Gasteiger partial charge in [-0.1, -0.05) is 22.4 Å². The van der Waals surface area contributed by atoms with Gasteiger partial charge in [-0.15, -0.1) is 0 Å². The molecule has 0 aliphatic rings. The number of carboxylic acid groups (broad SMARTS) is 1. The van der Waals surface area contributed by atoms with E-state index in [2.05, 4.69) is 15.4 Å². The number of aromatic amines is 1. The number of aromatic carboxylic acids is 1. The van der Waals surface area contributed by atoms with Crippen LogP contribution in [-0.2, 0) is 6.61 Å². The number of carboxylic acids is 1. The Kier molecular flexibility index (Phi) is 4.76. The van der Waals surface area contributed by atoms with Crippen LogP contribution < -0.4 is 9.47 Å². The Morgan fingerprint density at radius 3 is 2.73 bits per heavy atom. The van der Waals surface area contributed by atoms with Gasteiger partial charge in [0, 0.05) is 6.07 Å². The summed E-state index contributed by atoms with van der Waals surface area (Å²) in [4.78, 5) is 11.0. The normalized spacial score (nSPS) is 10.2. The van der Waals surface area contributed by atoms with Gasteiger partial charge >= 0.3 is 5.97 Å². The van der Waals surface area contributed by atoms with Crippen LogP contribution in [0.3, 0.4) is 0 Å². The number of H-pyrrole nitrogens is 1. The molecule has 2 aromatic carbocycles. The van der Waals surface area contributed by atoms with Crippen LogP contribution in [0.1, 0.15) is 21.6 Å². The number of nitrogens with one attached hydrogen (secondary N) is 1. The third kappa shape index (κ3) is 3.76. The molecule has 130 valence electrons. The van der Waals surface area contributed by atoms with Crippen molar-refractivity contribution in [3.63, 3.8) is 0 Å². The van der Waals surface area contributed by atoms with E-state index in [4.69, 9.17) is 14.6 Å². The minimum atomic E-state index is -1.27. The third-order valence-electron chi connectivity index (χ3n) is 3.33. The lowest BCUT2D eigenvalue weighted by atomic mass is 10.2. The minimum absolute atomic E-state index is 0.114. The van der Waals surface area contributed by atoms with Crippen LogP contribution in [0.15, 0.2) is 42.5 Å². The van der Waals surface area contributed by atoms with E-state index in [1.54, 1.807) is 12.1 Å². The average molecular weight is 354 g/mol. The van der Waals surface area contributed by atoms with Crippen LogP contribution in [0, 0.1) is 17.1 Å². The SMILES string of the molecule is N#Cc1ccc(Oc2nn[nH]c2C(=O)O)cc1OCc1ccc(F)cc1. The number of halogens is 1. The van der Waals surface area contributed by atoms with Gasteiger partial charge in [0.2, 0.25) is 5.69 Å². The molecule has 0 spiro atoms. The van der Waals surface area contributed by atoms with E-state index in [1.165, 1.54) is 30.3 Å². The van der Waals surface area contributed by atoms with Crippen molar-refractivity contribution in [3.05, 3.63) is 65.1 Å². The first-order valence-electron chi connectivity index (χ1n) is 7.30. The smallest absolute Gasteiger partial charge is 0.359 e. The zero-order valence-corrected chi connectivity index (χ0v) is 13.1. The van der Waals surface area contributed by atoms with E-state index in [0.29, 0.717) is 5.56 Å². The number of nitriles is 1. The largest absolute Gasteiger partial charge is 0.487 e. The molecule has 3 aromatic rings. The summed E-state index contributed by atoms with van der Waals surface area (Å²) in [6.45, 7) is 0.114. The van der Waals surface area contributed by atoms with Crippen LogP contribution in [-0.4, -0.2) is 26.5 Å². The van der Waals surface area contributed by atoms with Crippen molar-refractivity contribution in [2.24, 2.45) is 0 Å². The van der Waals surface area contributed by atoms with Crippen LogP contribution >= 0.6 is 0 Å². The molecule has 0 aliphatic heterocycles. The maximum absolute atomic E-state index is 12.9. The number of nitrogens with zero attached hydrogens (tertiary/aromatic N) is 3. The number of benzene rings is 2. The van der Waals surface area contributed by atoms with Crippen LogP contribution in [0.2, 0.25) is 0 Å². The number of hydrogen-bond acceptors (Lipinski definition) is 6. The van der Waals surface area contributed by atoms with Crippen molar-refractivity contribution in [1.82, 2.24) is 15.4 Å². The first kappa shape index (κ1) is 16.9. The highest BCUT2D eigenvalue weighted by molar-refractivity contribution is 5.87. The Morgan fingerprint density at radius 2 is 2.04 bits per heavy atom. The van der Waals surface area contributed by atoms with Crippen molar-refractivity contribution >= 4 is 5.97 Å². The van der Waals surface area contributed by atoms with E-state index in [0.717, 1.165) is 0 Å². The molecule has 8 nitrogen and oxygen atoms in total. The first-order valence-corrected chi connectivity index (χ1v) is 7.30. The molecule has 1 aromatic heterocycles. The highest BCUT2D eigenvalue weighted by Crippen LogP contribution is 2.29. The van der Waals surface area contributed by atoms with Crippen molar-refractivity contribution in [2.45, 2.75) is 6.61 Å². The standard InChI is InChI=1S/C17H11FN4O4/c18-12-4-1-10(2-5-12)9-25-14-7-13(6-3-11(14)8-19)26-16-15(17(23)24)20-22-21-16/h1-7H,9H2,(H,23,24)(H,20,21,22). The molecular weight excluding hydrogens is 343 g/mol. The Bertz CT molecular complexity index is 979. The topological polar surface area (TPSA) is 121 Å². The maximum atomic E-state index is 12.9. The van der Waals surface area contributed by atoms with Crippen LogP contribution in [0.5, 0.6) is 17.4 Å². The summed E-state index contributed by atoms with van der Waals surface area (Å²) >= 11 is 0. The van der Waals surface area contributed by atoms with Crippen molar-refractivity contribution < 1.29 is 23.8 Å². The van der Waals surface area contributed by atoms with Gasteiger partial charge in [-0.05, 0) is 29.8 Å². The molecule has 9 heteroatoms. The van der Waals surface area contributed by atoms with Crippen molar-refractivity contribution in [3.8, 4) is 23.4 Å². The van der Waals surface area contributed by atoms with E-state index >= 15 is 0 Å². The summed E-state index contributed by atoms with van der Waals surface area (Å²) in [5.41, 5.74) is 0.674. The zero-order valence-electron chi connectivity index (χ0n) is 13.1. The Balaban J connectivity index is 1.80. The highest BCUT2D eigenvalue weighted by Gasteiger charge is 2.17. The number of carbonyl (C=O) groups is 1. The van der Waals surface area contributed by atoms with Crippen molar-refractivity contribution in [1.29, 1.82) is 5.26 Å². The molecule has 0 aliphatic carbocycles. The lowest BCUT2D eigenvalue weighted by Crippen LogP contribution is -2.01. The summed E-state index contributed by atoms with van der Waals surface area (Å²) in [5, 5.41) is 27.4. The fraction of sp³-hybridized carbons (Fsp3) is 0.0588. The maximum Gasteiger partial charge on any atom is 0.359 e. The van der Waals surface area contributed by atoms with Crippen molar-refractivity contribution in [2.75, 3.05) is 0 Å². The second kappa shape index (κ2) is 7.31. The number of ether oxygens (including phenoxy) is 2. The van der Waals surface area contributed by atoms with E-state index < -0.39 is 5.97 Å². The molecule has 0 amide bonds. The molecule has 26 heavy (non-hydrogen) atoms. The van der Waals surface area contributed by atoms with Crippen LogP contribution in [0.25, 0.3) is 0 Å². The number of aromatic nitrogens is 3. The summed E-state index contributed by atoms with van der Waals surface area (Å²) < 4.78 is 23.9. The first-order chi connectivity index (χ1) is 12.6. The molecular formula is C17H11FN4O4. The molecule has 0 unspecified atom stereocenters. The summed E-state index contributed by atoms with van der Waals surface area (Å²) in [7, 11) is 0. The fourth-order valence-electron chi connectivity index (χ4n) is 2.06. The molecule has 2 N–H and O–H groups in total. The van der Waals surface area contributed by atoms with E-state index in [1.807, 2.05) is 6.07 Å². The Hall–Kier alpha value is -3.93. The van der Waals surface area contributed by atoms with Gasteiger partial charge in [0.05, 0.1) is 5.56 Å². The zero-order chi connectivity index (χ0) is 18.5. The predicted molar refractivity (Wildman–Crippen MR) is 85.3 cm³/mol. The highest BCUT2D eigenvalue weighted by atomic mass is 19.1. The predicted octanol–water partition coefficient (Wildman–Crippen LogP) is 2.88. The summed E-state index contributed by atoms with van der Waals surface area (Å²) in [5.74, 6) is -1.40. The number of hydrogen-bond donors (Lipinski definition) is 2. The minimum Gasteiger partial charge on any atom is -0.487 e. The lowest BCUT2D eigenvalue weighted by Gasteiger charge is -2.10. The third-order valence-corrected chi connectivity index (χ3v) is 3.33. The Labute approximate surface area is 146 Å². The number of rotatable bonds is 6. The average Bonchev–Trinajstić information content (AvgIpc) is 3.10. The van der Waals surface area contributed by atoms with Gasteiger partial charge in [0.1, 0.15) is 30.0 Å². The molecule has 0 saturated carbocycles. The fourth-order valence-corrected chi connectivity index (χ4v) is 2.06. The van der Waals surface area contributed by atoms with Gasteiger partial charge in [0.25, 0.3) is 5.88 Å². The second-order valence-corrected chi connectivity index (χ2v) is 5.08. The van der Waals surface area contributed by atoms with Gasteiger partial charge < -0.3 is 14.6 Å². The molecule has 0 fully saturated rings. The molecule has 3 rings (SSSR count). The van der Waals surface area contributed by atoms with Gasteiger partial charge in [0.15, 0.2) is 0 Å². The second-order valence-electron chi connectivity index (χ2n) is 5.08. The summed E-state index contributed by atoms with van der Waals surface area (Å²) in [6, 6.07) is 12.1. The monoisotopic (exact) mass is 354 g/mol. The molecule has 0 radical (unpaired) electrons. The molecule has 0 bridgehead atoms. The lowest BCUT2D eigenvalue weighted by molar-refractivity contribution is 0.0687. The quantitative estimate of drug-likeness (QED) is 0.698. The molecule has 0 atom stereocenters. The van der Waals surface area contributed by atoms with E-state index in [-0.39, 0.29) is 41.1 Å².